The third kappa shape index (κ3) is 7.28. The van der Waals surface area contributed by atoms with Crippen molar-refractivity contribution >= 4 is 5.91 Å². The van der Waals surface area contributed by atoms with E-state index in [-0.39, 0.29) is 5.91 Å². The number of amides is 1. The van der Waals surface area contributed by atoms with Crippen LogP contribution in [0.25, 0.3) is 0 Å². The Labute approximate surface area is 74.2 Å². The van der Waals surface area contributed by atoms with E-state index in [1.54, 1.807) is 0 Å². The molecule has 0 aromatic heterocycles. The van der Waals surface area contributed by atoms with Crippen molar-refractivity contribution in [2.45, 2.75) is 19.8 Å². The highest BCUT2D eigenvalue weighted by atomic mass is 16.1. The summed E-state index contributed by atoms with van der Waals surface area (Å²) in [7, 11) is 0. The van der Waals surface area contributed by atoms with Crippen LogP contribution in [0.3, 0.4) is 0 Å². The van der Waals surface area contributed by atoms with E-state index in [0.29, 0.717) is 6.42 Å². The van der Waals surface area contributed by atoms with Gasteiger partial charge in [0, 0.05) is 19.5 Å². The molecular formula is C9H18N2O. The molecule has 0 saturated carbocycles. The van der Waals surface area contributed by atoms with Crippen molar-refractivity contribution in [3.05, 3.63) is 12.7 Å². The Kier molecular flexibility index (Phi) is 7.70. The molecule has 70 valence electrons. The van der Waals surface area contributed by atoms with Crippen LogP contribution in [0.15, 0.2) is 12.7 Å². The maximum absolute atomic E-state index is 10.9. The molecule has 0 saturated heterocycles. The number of hydrogen-bond acceptors (Lipinski definition) is 2. The van der Waals surface area contributed by atoms with E-state index in [9.17, 15) is 4.79 Å². The van der Waals surface area contributed by atoms with Crippen LogP contribution in [-0.4, -0.2) is 25.5 Å². The molecule has 0 unspecified atom stereocenters. The Morgan fingerprint density at radius 3 is 2.92 bits per heavy atom. The Bertz CT molecular complexity index is 134. The largest absolute Gasteiger partial charge is 0.356 e. The van der Waals surface area contributed by atoms with Gasteiger partial charge < -0.3 is 10.6 Å². The Morgan fingerprint density at radius 1 is 1.58 bits per heavy atom. The Morgan fingerprint density at radius 2 is 2.33 bits per heavy atom. The van der Waals surface area contributed by atoms with E-state index in [0.717, 1.165) is 26.1 Å². The molecular weight excluding hydrogens is 152 g/mol. The van der Waals surface area contributed by atoms with Crippen molar-refractivity contribution in [1.82, 2.24) is 10.6 Å². The molecule has 0 aliphatic rings. The molecule has 1 amide bonds. The highest BCUT2D eigenvalue weighted by Crippen LogP contribution is 1.85. The van der Waals surface area contributed by atoms with E-state index < -0.39 is 0 Å². The minimum atomic E-state index is 0.137. The smallest absolute Gasteiger partial charge is 0.220 e. The molecule has 3 nitrogen and oxygen atoms in total. The quantitative estimate of drug-likeness (QED) is 0.436. The SMILES string of the molecule is C=CCNCCCC(=O)NCC. The molecule has 0 fully saturated rings. The summed E-state index contributed by atoms with van der Waals surface area (Å²) < 4.78 is 0. The van der Waals surface area contributed by atoms with Gasteiger partial charge in [-0.1, -0.05) is 6.08 Å². The summed E-state index contributed by atoms with van der Waals surface area (Å²) in [4.78, 5) is 10.9. The van der Waals surface area contributed by atoms with Crippen LogP contribution in [0, 0.1) is 0 Å². The van der Waals surface area contributed by atoms with Crippen LogP contribution in [-0.2, 0) is 4.79 Å². The van der Waals surface area contributed by atoms with E-state index in [1.807, 2.05) is 13.0 Å². The predicted octanol–water partition coefficient (Wildman–Crippen LogP) is 0.678. The first-order valence-corrected chi connectivity index (χ1v) is 4.39. The van der Waals surface area contributed by atoms with Crippen LogP contribution in [0.1, 0.15) is 19.8 Å². The van der Waals surface area contributed by atoms with Gasteiger partial charge in [0.05, 0.1) is 0 Å². The lowest BCUT2D eigenvalue weighted by atomic mass is 10.3. The van der Waals surface area contributed by atoms with E-state index >= 15 is 0 Å². The minimum Gasteiger partial charge on any atom is -0.356 e. The first-order chi connectivity index (χ1) is 5.81. The summed E-state index contributed by atoms with van der Waals surface area (Å²) in [6, 6.07) is 0. The van der Waals surface area contributed by atoms with Gasteiger partial charge in [0.25, 0.3) is 0 Å². The number of carbonyl (C=O) groups excluding carboxylic acids is 1. The van der Waals surface area contributed by atoms with Gasteiger partial charge in [-0.3, -0.25) is 4.79 Å². The number of rotatable bonds is 7. The zero-order chi connectivity index (χ0) is 9.23. The second kappa shape index (κ2) is 8.27. The van der Waals surface area contributed by atoms with Gasteiger partial charge in [-0.2, -0.15) is 0 Å². The first kappa shape index (κ1) is 11.2. The minimum absolute atomic E-state index is 0.137. The lowest BCUT2D eigenvalue weighted by molar-refractivity contribution is -0.121. The molecule has 0 rings (SSSR count). The predicted molar refractivity (Wildman–Crippen MR) is 51.0 cm³/mol. The topological polar surface area (TPSA) is 41.1 Å². The fraction of sp³-hybridized carbons (Fsp3) is 0.667. The zero-order valence-corrected chi connectivity index (χ0v) is 7.73. The molecule has 0 atom stereocenters. The van der Waals surface area contributed by atoms with Crippen molar-refractivity contribution in [1.29, 1.82) is 0 Å². The van der Waals surface area contributed by atoms with Gasteiger partial charge in [-0.15, -0.1) is 6.58 Å². The van der Waals surface area contributed by atoms with Gasteiger partial charge in [0.2, 0.25) is 5.91 Å². The van der Waals surface area contributed by atoms with Gasteiger partial charge in [0.1, 0.15) is 0 Å². The first-order valence-electron chi connectivity index (χ1n) is 4.39. The lowest BCUT2D eigenvalue weighted by Gasteiger charge is -2.02. The van der Waals surface area contributed by atoms with Crippen LogP contribution in [0.4, 0.5) is 0 Å². The fourth-order valence-corrected chi connectivity index (χ4v) is 0.864. The van der Waals surface area contributed by atoms with E-state index in [4.69, 9.17) is 0 Å². The van der Waals surface area contributed by atoms with Crippen molar-refractivity contribution in [3.63, 3.8) is 0 Å². The van der Waals surface area contributed by atoms with Gasteiger partial charge in [-0.25, -0.2) is 0 Å². The normalized spacial score (nSPS) is 9.42. The summed E-state index contributed by atoms with van der Waals surface area (Å²) in [6.45, 7) is 7.92. The second-order valence-corrected chi connectivity index (χ2v) is 2.55. The molecule has 12 heavy (non-hydrogen) atoms. The fourth-order valence-electron chi connectivity index (χ4n) is 0.864. The van der Waals surface area contributed by atoms with Gasteiger partial charge in [0.15, 0.2) is 0 Å². The summed E-state index contributed by atoms with van der Waals surface area (Å²) in [5.41, 5.74) is 0. The maximum atomic E-state index is 10.9. The zero-order valence-electron chi connectivity index (χ0n) is 7.73. The third-order valence-corrected chi connectivity index (χ3v) is 1.42. The third-order valence-electron chi connectivity index (χ3n) is 1.42. The van der Waals surface area contributed by atoms with E-state index in [1.165, 1.54) is 0 Å². The van der Waals surface area contributed by atoms with Crippen molar-refractivity contribution in [2.24, 2.45) is 0 Å². The molecule has 0 aliphatic carbocycles. The molecule has 0 aromatic rings. The summed E-state index contributed by atoms with van der Waals surface area (Å²) in [5, 5.41) is 5.88. The summed E-state index contributed by atoms with van der Waals surface area (Å²) in [5.74, 6) is 0.137. The van der Waals surface area contributed by atoms with Crippen LogP contribution < -0.4 is 10.6 Å². The number of nitrogens with one attached hydrogen (secondary N) is 2. The maximum Gasteiger partial charge on any atom is 0.220 e. The Balaban J connectivity index is 3.08. The molecule has 0 radical (unpaired) electrons. The number of hydrogen-bond donors (Lipinski definition) is 2. The van der Waals surface area contributed by atoms with Gasteiger partial charge in [-0.05, 0) is 19.9 Å². The van der Waals surface area contributed by atoms with Gasteiger partial charge >= 0.3 is 0 Å². The highest BCUT2D eigenvalue weighted by molar-refractivity contribution is 5.75. The van der Waals surface area contributed by atoms with Crippen LogP contribution in [0.2, 0.25) is 0 Å². The molecule has 0 spiro atoms. The van der Waals surface area contributed by atoms with E-state index in [2.05, 4.69) is 17.2 Å². The molecule has 0 heterocycles. The van der Waals surface area contributed by atoms with Crippen molar-refractivity contribution in [2.75, 3.05) is 19.6 Å². The average Bonchev–Trinajstić information content (AvgIpc) is 2.05. The Hall–Kier alpha value is -0.830. The van der Waals surface area contributed by atoms with Crippen LogP contribution in [0.5, 0.6) is 0 Å². The van der Waals surface area contributed by atoms with Crippen molar-refractivity contribution in [3.8, 4) is 0 Å². The molecule has 0 aliphatic heterocycles. The molecule has 3 heteroatoms. The molecule has 2 N–H and O–H groups in total. The summed E-state index contributed by atoms with van der Waals surface area (Å²) in [6.07, 6.45) is 3.31. The van der Waals surface area contributed by atoms with Crippen molar-refractivity contribution < 1.29 is 4.79 Å². The second-order valence-electron chi connectivity index (χ2n) is 2.55. The molecule has 0 bridgehead atoms. The standard InChI is InChI=1S/C9H18N2O/c1-3-7-10-8-5-6-9(12)11-4-2/h3,10H,1,4-8H2,2H3,(H,11,12). The summed E-state index contributed by atoms with van der Waals surface area (Å²) >= 11 is 0. The monoisotopic (exact) mass is 170 g/mol. The van der Waals surface area contributed by atoms with Crippen LogP contribution >= 0.6 is 0 Å². The highest BCUT2D eigenvalue weighted by Gasteiger charge is 1.96. The average molecular weight is 170 g/mol. The number of carbonyl (C=O) groups is 1. The lowest BCUT2D eigenvalue weighted by Crippen LogP contribution is -2.24. The molecule has 0 aromatic carbocycles.